The molecule has 108 valence electrons. The molecule has 0 aliphatic heterocycles. The summed E-state index contributed by atoms with van der Waals surface area (Å²) in [4.78, 5) is 12.5. The lowest BCUT2D eigenvalue weighted by Crippen LogP contribution is -2.31. The van der Waals surface area contributed by atoms with Crippen LogP contribution in [0.2, 0.25) is 0 Å². The van der Waals surface area contributed by atoms with Crippen molar-refractivity contribution < 1.29 is 0 Å². The number of hydrogen-bond acceptors (Lipinski definition) is 4. The van der Waals surface area contributed by atoms with Gasteiger partial charge in [0.05, 0.1) is 4.53 Å². The Kier molecular flexibility index (Phi) is 5.11. The summed E-state index contributed by atoms with van der Waals surface area (Å²) in [5.74, 6) is 0. The first-order valence-corrected chi connectivity index (χ1v) is 7.84. The van der Waals surface area contributed by atoms with E-state index in [1.165, 1.54) is 4.57 Å². The summed E-state index contributed by atoms with van der Waals surface area (Å²) >= 11 is 4.56. The third-order valence-electron chi connectivity index (χ3n) is 2.85. The largest absolute Gasteiger partial charge is 0.293 e. The summed E-state index contributed by atoms with van der Waals surface area (Å²) < 4.78 is 3.08. The van der Waals surface area contributed by atoms with Gasteiger partial charge in [-0.1, -0.05) is 40.2 Å². The second-order valence-corrected chi connectivity index (χ2v) is 6.13. The summed E-state index contributed by atoms with van der Waals surface area (Å²) in [6, 6.07) is 11.2. The minimum atomic E-state index is -0.237. The Morgan fingerprint density at radius 1 is 1.36 bits per heavy atom. The van der Waals surface area contributed by atoms with Gasteiger partial charge in [0.15, 0.2) is 5.57 Å². The lowest BCUT2D eigenvalue weighted by Gasteiger charge is -1.95. The Morgan fingerprint density at radius 3 is 2.64 bits per heavy atom. The number of allylic oxidation sites excluding steroid dienone is 1. The Hall–Kier alpha value is -2.41. The molecule has 0 spiro atoms. The molecule has 0 saturated carbocycles. The number of rotatable bonds is 3. The van der Waals surface area contributed by atoms with Crippen LogP contribution in [0.5, 0.6) is 0 Å². The van der Waals surface area contributed by atoms with Gasteiger partial charge in [-0.25, -0.2) is 0 Å². The molecule has 2 aromatic rings. The molecule has 0 N–H and O–H groups in total. The second-order valence-electron chi connectivity index (χ2n) is 4.24. The normalized spacial score (nSPS) is 10.8. The minimum Gasteiger partial charge on any atom is -0.293 e. The molecule has 6 heteroatoms. The summed E-state index contributed by atoms with van der Waals surface area (Å²) in [5.41, 5.74) is 0.544. The quantitative estimate of drug-likeness (QED) is 0.773. The third kappa shape index (κ3) is 3.09. The molecule has 0 radical (unpaired) electrons. The predicted molar refractivity (Wildman–Crippen MR) is 90.4 cm³/mol. The Morgan fingerprint density at radius 2 is 2.05 bits per heavy atom. The summed E-state index contributed by atoms with van der Waals surface area (Å²) in [5, 5.41) is 18.1. The van der Waals surface area contributed by atoms with Crippen molar-refractivity contribution in [2.45, 2.75) is 6.54 Å². The summed E-state index contributed by atoms with van der Waals surface area (Å²) in [6.07, 6.45) is 3.30. The van der Waals surface area contributed by atoms with Crippen molar-refractivity contribution in [3.63, 3.8) is 0 Å². The van der Waals surface area contributed by atoms with Gasteiger partial charge in [0.1, 0.15) is 16.8 Å². The van der Waals surface area contributed by atoms with Gasteiger partial charge in [-0.05, 0) is 17.7 Å². The average Bonchev–Trinajstić information content (AvgIpc) is 2.81. The zero-order valence-electron chi connectivity index (χ0n) is 11.4. The molecular formula is C16H10BrN3OS. The number of nitriles is 2. The molecule has 0 amide bonds. The van der Waals surface area contributed by atoms with E-state index < -0.39 is 0 Å². The van der Waals surface area contributed by atoms with Gasteiger partial charge in [-0.3, -0.25) is 9.36 Å². The first-order valence-electron chi connectivity index (χ1n) is 6.23. The molecule has 0 aliphatic carbocycles. The molecule has 2 rings (SSSR count). The van der Waals surface area contributed by atoms with Crippen LogP contribution < -0.4 is 14.8 Å². The van der Waals surface area contributed by atoms with Crippen LogP contribution in [0.4, 0.5) is 0 Å². The van der Waals surface area contributed by atoms with Gasteiger partial charge < -0.3 is 0 Å². The maximum atomic E-state index is 12.5. The van der Waals surface area contributed by atoms with Crippen LogP contribution in [0, 0.1) is 22.7 Å². The molecule has 1 aromatic carbocycles. The van der Waals surface area contributed by atoms with Crippen LogP contribution >= 0.6 is 27.3 Å². The van der Waals surface area contributed by atoms with E-state index in [9.17, 15) is 4.79 Å². The number of aromatic nitrogens is 1. The maximum Gasteiger partial charge on any atom is 0.269 e. The highest BCUT2D eigenvalue weighted by Crippen LogP contribution is 2.15. The van der Waals surface area contributed by atoms with Crippen LogP contribution in [-0.2, 0) is 6.54 Å². The van der Waals surface area contributed by atoms with Gasteiger partial charge in [-0.2, -0.15) is 10.5 Å². The van der Waals surface area contributed by atoms with Crippen molar-refractivity contribution in [2.24, 2.45) is 0 Å². The van der Waals surface area contributed by atoms with Gasteiger partial charge in [0, 0.05) is 11.0 Å². The fourth-order valence-electron chi connectivity index (χ4n) is 1.85. The topological polar surface area (TPSA) is 69.6 Å². The fraction of sp³-hybridized carbons (Fsp3) is 0.0625. The van der Waals surface area contributed by atoms with Gasteiger partial charge >= 0.3 is 0 Å². The summed E-state index contributed by atoms with van der Waals surface area (Å²) in [7, 11) is 0. The van der Waals surface area contributed by atoms with E-state index in [2.05, 4.69) is 22.5 Å². The van der Waals surface area contributed by atoms with Crippen molar-refractivity contribution in [2.75, 3.05) is 0 Å². The highest BCUT2D eigenvalue weighted by Gasteiger charge is 2.08. The number of thiazole rings is 1. The highest BCUT2D eigenvalue weighted by molar-refractivity contribution is 9.10. The molecule has 1 aromatic heterocycles. The molecule has 4 nitrogen and oxygen atoms in total. The zero-order valence-corrected chi connectivity index (χ0v) is 13.8. The van der Waals surface area contributed by atoms with Crippen molar-refractivity contribution >= 4 is 38.9 Å². The lowest BCUT2D eigenvalue weighted by atomic mass is 10.2. The molecule has 0 fully saturated rings. The van der Waals surface area contributed by atoms with Crippen molar-refractivity contribution in [1.82, 2.24) is 4.57 Å². The molecule has 22 heavy (non-hydrogen) atoms. The van der Waals surface area contributed by atoms with Crippen molar-refractivity contribution in [3.05, 3.63) is 66.5 Å². The number of halogens is 1. The van der Waals surface area contributed by atoms with Crippen molar-refractivity contribution in [1.29, 1.82) is 10.5 Å². The lowest BCUT2D eigenvalue weighted by molar-refractivity contribution is 0.775. The maximum absolute atomic E-state index is 12.5. The molecule has 0 atom stereocenters. The number of benzene rings is 1. The van der Waals surface area contributed by atoms with E-state index in [0.29, 0.717) is 9.20 Å². The Bertz CT molecular complexity index is 970. The monoisotopic (exact) mass is 371 g/mol. The molecule has 0 unspecified atom stereocenters. The molecular weight excluding hydrogens is 362 g/mol. The fourth-order valence-corrected chi connectivity index (χ4v) is 3.31. The van der Waals surface area contributed by atoms with E-state index in [1.54, 1.807) is 12.2 Å². The molecule has 1 heterocycles. The first-order chi connectivity index (χ1) is 10.6. The summed E-state index contributed by atoms with van der Waals surface area (Å²) in [6.45, 7) is 3.86. The van der Waals surface area contributed by atoms with Crippen LogP contribution in [0.1, 0.15) is 5.56 Å². The molecule has 0 saturated heterocycles. The van der Waals surface area contributed by atoms with Gasteiger partial charge in [-0.15, -0.1) is 17.9 Å². The average molecular weight is 372 g/mol. The zero-order chi connectivity index (χ0) is 16.1. The van der Waals surface area contributed by atoms with E-state index in [4.69, 9.17) is 10.5 Å². The Labute approximate surface area is 139 Å². The molecule has 0 aliphatic rings. The van der Waals surface area contributed by atoms with E-state index in [-0.39, 0.29) is 17.7 Å². The van der Waals surface area contributed by atoms with Crippen LogP contribution in [0.25, 0.3) is 11.6 Å². The van der Waals surface area contributed by atoms with E-state index in [1.807, 2.05) is 36.4 Å². The standard InChI is InChI=1S/C16H10BrN3OS/c1-2-7-20-15(21)14(22-16(20)12(9-18)10-19)8-11-5-3-4-6-13(11)17/h2-6,8H,1,7H2/b14-8-. The predicted octanol–water partition coefficient (Wildman–Crippen LogP) is 1.88. The second kappa shape index (κ2) is 7.04. The van der Waals surface area contributed by atoms with Gasteiger partial charge in [0.2, 0.25) is 0 Å². The third-order valence-corrected chi connectivity index (χ3v) is 4.70. The molecule has 0 bridgehead atoms. The first kappa shape index (κ1) is 16.0. The number of hydrogen-bond donors (Lipinski definition) is 0. The highest BCUT2D eigenvalue weighted by atomic mass is 79.9. The minimum absolute atomic E-state index is 0.0734. The van der Waals surface area contributed by atoms with Crippen molar-refractivity contribution in [3.8, 4) is 12.1 Å². The van der Waals surface area contributed by atoms with Crippen LogP contribution in [0.3, 0.4) is 0 Å². The number of nitrogens with zero attached hydrogens (tertiary/aromatic N) is 3. The van der Waals surface area contributed by atoms with Crippen LogP contribution in [-0.4, -0.2) is 4.57 Å². The van der Waals surface area contributed by atoms with Gasteiger partial charge in [0.25, 0.3) is 5.56 Å². The SMILES string of the molecule is C=CCn1c(=C(C#N)C#N)s/c(=C\c2ccccc2Br)c1=O. The Balaban J connectivity index is 2.85. The smallest absolute Gasteiger partial charge is 0.269 e. The van der Waals surface area contributed by atoms with E-state index >= 15 is 0 Å². The van der Waals surface area contributed by atoms with E-state index in [0.717, 1.165) is 21.4 Å². The van der Waals surface area contributed by atoms with Crippen LogP contribution in [0.15, 0.2) is 46.2 Å².